The minimum absolute atomic E-state index is 0.109. The van der Waals surface area contributed by atoms with Gasteiger partial charge in [-0.05, 0) is 31.5 Å². The second-order valence-electron chi connectivity index (χ2n) is 3.94. The molecule has 0 spiro atoms. The molecule has 2 heterocycles. The van der Waals surface area contributed by atoms with Crippen molar-refractivity contribution in [3.05, 3.63) is 29.2 Å². The number of nitrogens with zero attached hydrogens (tertiary/aromatic N) is 3. The zero-order valence-corrected chi connectivity index (χ0v) is 10.3. The van der Waals surface area contributed by atoms with Crippen LogP contribution in [-0.4, -0.2) is 28.7 Å². The minimum Gasteiger partial charge on any atom is -0.447 e. The molecule has 2 rings (SSSR count). The van der Waals surface area contributed by atoms with Crippen LogP contribution in [0, 0.1) is 0 Å². The number of ether oxygens (including phenoxy) is 1. The Morgan fingerprint density at radius 3 is 3.06 bits per heavy atom. The predicted octanol–water partition coefficient (Wildman–Crippen LogP) is 2.42. The molecular weight excluding hydrogens is 242 g/mol. The lowest BCUT2D eigenvalue weighted by molar-refractivity contribution is 0.179. The van der Waals surface area contributed by atoms with Gasteiger partial charge in [0.05, 0.1) is 6.04 Å². The van der Waals surface area contributed by atoms with Crippen LogP contribution in [0.1, 0.15) is 13.8 Å². The van der Waals surface area contributed by atoms with Gasteiger partial charge in [0.25, 0.3) is 0 Å². The molecule has 0 N–H and O–H groups in total. The number of allylic oxidation sites excluding steroid dienone is 1. The van der Waals surface area contributed by atoms with E-state index in [-0.39, 0.29) is 11.3 Å². The molecule has 0 bridgehead atoms. The first-order valence-electron chi connectivity index (χ1n) is 5.17. The van der Waals surface area contributed by atoms with Gasteiger partial charge < -0.3 is 4.74 Å². The zero-order valence-electron chi connectivity index (χ0n) is 9.55. The summed E-state index contributed by atoms with van der Waals surface area (Å²) < 4.78 is 5.01. The van der Waals surface area contributed by atoms with Crippen molar-refractivity contribution in [3.63, 3.8) is 0 Å². The van der Waals surface area contributed by atoms with Crippen molar-refractivity contribution >= 4 is 23.5 Å². The molecule has 1 aliphatic rings. The van der Waals surface area contributed by atoms with Crippen molar-refractivity contribution in [1.29, 1.82) is 0 Å². The van der Waals surface area contributed by atoms with E-state index in [0.29, 0.717) is 12.4 Å². The van der Waals surface area contributed by atoms with E-state index in [2.05, 4.69) is 9.97 Å². The van der Waals surface area contributed by atoms with Gasteiger partial charge in [-0.3, -0.25) is 4.90 Å². The van der Waals surface area contributed by atoms with Gasteiger partial charge in [0.2, 0.25) is 5.28 Å². The summed E-state index contributed by atoms with van der Waals surface area (Å²) in [6.07, 6.45) is 3.05. The number of anilines is 1. The molecule has 1 aromatic heterocycles. The summed E-state index contributed by atoms with van der Waals surface area (Å²) in [6.45, 7) is 4.26. The van der Waals surface area contributed by atoms with Gasteiger partial charge in [-0.2, -0.15) is 0 Å². The predicted molar refractivity (Wildman–Crippen MR) is 64.1 cm³/mol. The molecule has 1 amide bonds. The topological polar surface area (TPSA) is 55.3 Å². The fourth-order valence-electron chi connectivity index (χ4n) is 1.67. The van der Waals surface area contributed by atoms with Crippen LogP contribution in [-0.2, 0) is 4.74 Å². The number of hydrogen-bond acceptors (Lipinski definition) is 4. The van der Waals surface area contributed by atoms with Gasteiger partial charge in [-0.25, -0.2) is 14.8 Å². The lowest BCUT2D eigenvalue weighted by Gasteiger charge is -2.17. The monoisotopic (exact) mass is 253 g/mol. The highest BCUT2D eigenvalue weighted by Crippen LogP contribution is 2.23. The van der Waals surface area contributed by atoms with Gasteiger partial charge in [0.1, 0.15) is 12.4 Å². The van der Waals surface area contributed by atoms with Crippen molar-refractivity contribution < 1.29 is 9.53 Å². The first-order chi connectivity index (χ1) is 8.08. The summed E-state index contributed by atoms with van der Waals surface area (Å²) in [7, 11) is 0. The molecule has 1 atom stereocenters. The van der Waals surface area contributed by atoms with E-state index in [1.54, 1.807) is 6.07 Å². The van der Waals surface area contributed by atoms with Crippen LogP contribution in [0.25, 0.3) is 0 Å². The minimum atomic E-state index is -0.415. The van der Waals surface area contributed by atoms with Gasteiger partial charge in [-0.15, -0.1) is 0 Å². The van der Waals surface area contributed by atoms with Crippen LogP contribution in [0.5, 0.6) is 0 Å². The van der Waals surface area contributed by atoms with Crippen molar-refractivity contribution in [2.75, 3.05) is 11.5 Å². The highest BCUT2D eigenvalue weighted by Gasteiger charge is 2.33. The van der Waals surface area contributed by atoms with Crippen LogP contribution in [0.15, 0.2) is 23.9 Å². The molecule has 1 saturated heterocycles. The molecule has 1 fully saturated rings. The summed E-state index contributed by atoms with van der Waals surface area (Å²) in [5.41, 5.74) is 1.11. The molecule has 1 aliphatic heterocycles. The Morgan fingerprint density at radius 2 is 2.41 bits per heavy atom. The number of aromatic nitrogens is 2. The van der Waals surface area contributed by atoms with Crippen molar-refractivity contribution in [3.8, 4) is 0 Å². The van der Waals surface area contributed by atoms with E-state index in [1.165, 1.54) is 11.1 Å². The molecule has 5 nitrogen and oxygen atoms in total. The average Bonchev–Trinajstić information content (AvgIpc) is 2.59. The van der Waals surface area contributed by atoms with Gasteiger partial charge >= 0.3 is 6.09 Å². The third-order valence-corrected chi connectivity index (χ3v) is 2.47. The molecule has 0 aromatic carbocycles. The number of amides is 1. The number of carbonyl (C=O) groups excluding carboxylic acids is 1. The summed E-state index contributed by atoms with van der Waals surface area (Å²) >= 11 is 5.71. The van der Waals surface area contributed by atoms with Crippen LogP contribution in [0.3, 0.4) is 0 Å². The Labute approximate surface area is 104 Å². The molecule has 6 heteroatoms. The molecule has 0 saturated carbocycles. The molecule has 17 heavy (non-hydrogen) atoms. The lowest BCUT2D eigenvalue weighted by atomic mass is 10.2. The third kappa shape index (κ3) is 2.55. The molecule has 0 radical (unpaired) electrons. The first kappa shape index (κ1) is 11.9. The summed E-state index contributed by atoms with van der Waals surface area (Å²) in [4.78, 5) is 20.9. The standard InChI is InChI=1S/C11H12ClN3O2/c1-7(2)5-8-6-17-11(16)15(8)9-3-4-13-10(12)14-9/h3-5,8H,6H2,1-2H3. The molecular formula is C11H12ClN3O2. The highest BCUT2D eigenvalue weighted by atomic mass is 35.5. The summed E-state index contributed by atoms with van der Waals surface area (Å²) in [6, 6.07) is 1.49. The smallest absolute Gasteiger partial charge is 0.416 e. The number of halogens is 1. The SMILES string of the molecule is CC(C)=CC1COC(=O)N1c1ccnc(Cl)n1. The van der Waals surface area contributed by atoms with Gasteiger partial charge in [0, 0.05) is 6.20 Å². The van der Waals surface area contributed by atoms with E-state index >= 15 is 0 Å². The van der Waals surface area contributed by atoms with Crippen LogP contribution in [0.2, 0.25) is 5.28 Å². The van der Waals surface area contributed by atoms with Gasteiger partial charge in [-0.1, -0.05) is 11.6 Å². The molecule has 90 valence electrons. The van der Waals surface area contributed by atoms with E-state index in [1.807, 2.05) is 19.9 Å². The molecule has 1 unspecified atom stereocenters. The number of rotatable bonds is 2. The van der Waals surface area contributed by atoms with Crippen molar-refractivity contribution in [2.45, 2.75) is 19.9 Å². The maximum absolute atomic E-state index is 11.6. The maximum atomic E-state index is 11.6. The zero-order chi connectivity index (χ0) is 12.4. The fourth-order valence-corrected chi connectivity index (χ4v) is 1.81. The van der Waals surface area contributed by atoms with E-state index in [9.17, 15) is 4.79 Å². The van der Waals surface area contributed by atoms with Crippen molar-refractivity contribution in [2.24, 2.45) is 0 Å². The number of hydrogen-bond donors (Lipinski definition) is 0. The largest absolute Gasteiger partial charge is 0.447 e. The Hall–Kier alpha value is -1.62. The second kappa shape index (κ2) is 4.71. The fraction of sp³-hybridized carbons (Fsp3) is 0.364. The summed E-state index contributed by atoms with van der Waals surface area (Å²) in [5.74, 6) is 0.454. The first-order valence-corrected chi connectivity index (χ1v) is 5.55. The second-order valence-corrected chi connectivity index (χ2v) is 4.28. The Bertz CT molecular complexity index is 472. The number of carbonyl (C=O) groups is 1. The average molecular weight is 254 g/mol. The number of cyclic esters (lactones) is 1. The highest BCUT2D eigenvalue weighted by molar-refractivity contribution is 6.28. The third-order valence-electron chi connectivity index (χ3n) is 2.29. The quantitative estimate of drug-likeness (QED) is 0.600. The van der Waals surface area contributed by atoms with Crippen molar-refractivity contribution in [1.82, 2.24) is 9.97 Å². The van der Waals surface area contributed by atoms with Gasteiger partial charge in [0.15, 0.2) is 0 Å². The Morgan fingerprint density at radius 1 is 1.65 bits per heavy atom. The van der Waals surface area contributed by atoms with E-state index in [0.717, 1.165) is 5.57 Å². The Kier molecular flexibility index (Phi) is 3.28. The Balaban J connectivity index is 2.34. The molecule has 0 aliphatic carbocycles. The van der Waals surface area contributed by atoms with E-state index in [4.69, 9.17) is 16.3 Å². The van der Waals surface area contributed by atoms with Crippen LogP contribution >= 0.6 is 11.6 Å². The lowest BCUT2D eigenvalue weighted by Crippen LogP contribution is -2.32. The van der Waals surface area contributed by atoms with E-state index < -0.39 is 6.09 Å². The summed E-state index contributed by atoms with van der Waals surface area (Å²) in [5, 5.41) is 0.109. The van der Waals surface area contributed by atoms with Crippen LogP contribution < -0.4 is 4.90 Å². The maximum Gasteiger partial charge on any atom is 0.416 e. The normalized spacial score (nSPS) is 19.1. The van der Waals surface area contributed by atoms with Crippen LogP contribution in [0.4, 0.5) is 10.6 Å². The molecule has 1 aromatic rings.